The van der Waals surface area contributed by atoms with Crippen LogP contribution < -0.4 is 16.0 Å². The van der Waals surface area contributed by atoms with Crippen LogP contribution in [0.3, 0.4) is 0 Å². The summed E-state index contributed by atoms with van der Waals surface area (Å²) in [5, 5.41) is 43.2. The van der Waals surface area contributed by atoms with Gasteiger partial charge in [0.25, 0.3) is 17.7 Å². The van der Waals surface area contributed by atoms with E-state index in [-0.39, 0.29) is 65.3 Å². The predicted octanol–water partition coefficient (Wildman–Crippen LogP) is 11.2. The molecule has 1 saturated heterocycles. The molecule has 468 valence electrons. The molecule has 6 N–H and O–H groups in total. The lowest BCUT2D eigenvalue weighted by Gasteiger charge is -2.34. The van der Waals surface area contributed by atoms with Crippen molar-refractivity contribution in [1.29, 1.82) is 0 Å². The maximum absolute atomic E-state index is 13.0. The quantitative estimate of drug-likeness (QED) is 0.0438. The zero-order chi connectivity index (χ0) is 63.1. The van der Waals surface area contributed by atoms with E-state index < -0.39 is 0 Å². The highest BCUT2D eigenvalue weighted by atomic mass is 16.5. The lowest BCUT2D eigenvalue weighted by atomic mass is 9.89. The lowest BCUT2D eigenvalue weighted by molar-refractivity contribution is -0.0285. The molecule has 0 spiro atoms. The van der Waals surface area contributed by atoms with E-state index in [1.54, 1.807) is 86.0 Å². The summed E-state index contributed by atoms with van der Waals surface area (Å²) in [7, 11) is 0. The molecule has 3 aliphatic rings. The standard InChI is InChI=1S/C23H24N6O3.C22H22N6O3.C20H18N6O3/c1-3-31-16-10-15(11-16)29-13-19(22(28-29)18-6-4-5-9-24-18)26-23(30)21-8-7-20(32-21)17-12-25-27-14(17)2;1-2-30-16-9-15(10-16)28-13-18(21(27-28)17-5-3-4-8-23-17)26-22(29)20-7-6-19(31-20)14-11-24-25-12-14;1-12-14(8-22-24-12)17-5-6-18(29-17)20(27)23-16-9-26(13-10-28-11-13)25-19(16)15-4-2-3-7-21-15/h4-9,12-13,15-16H,3,10-11H2,1-2H3,(H,25,27)(H,26,30);3-8,11-13,15-16H,2,9-10H2,1H3,(H,24,25)(H,26,29);2-9,13H,10-11H2,1H3,(H,22,24)(H,23,27). The van der Waals surface area contributed by atoms with Gasteiger partial charge >= 0.3 is 0 Å². The number of hydrogen-bond acceptors (Lipinski definition) is 18. The Morgan fingerprint density at radius 1 is 0.511 bits per heavy atom. The molecule has 2 aliphatic carbocycles. The van der Waals surface area contributed by atoms with Gasteiger partial charge in [-0.2, -0.15) is 30.6 Å². The molecule has 1 aliphatic heterocycles. The number of amides is 3. The second kappa shape index (κ2) is 26.9. The zero-order valence-corrected chi connectivity index (χ0v) is 50.5. The Kier molecular flexibility index (Phi) is 17.5. The summed E-state index contributed by atoms with van der Waals surface area (Å²) >= 11 is 0. The van der Waals surface area contributed by atoms with Crippen molar-refractivity contribution in [3.05, 3.63) is 182 Å². The van der Waals surface area contributed by atoms with Gasteiger partial charge in [0.15, 0.2) is 17.3 Å². The van der Waals surface area contributed by atoms with Gasteiger partial charge in [-0.05, 0) is 126 Å². The van der Waals surface area contributed by atoms with Gasteiger partial charge in [-0.25, -0.2) is 0 Å². The molecule has 0 bridgehead atoms. The molecule has 0 radical (unpaired) electrons. The third-order valence-electron chi connectivity index (χ3n) is 15.8. The van der Waals surface area contributed by atoms with Crippen molar-refractivity contribution in [3.63, 3.8) is 0 Å². The van der Waals surface area contributed by atoms with E-state index >= 15 is 0 Å². The maximum Gasteiger partial charge on any atom is 0.291 e. The Hall–Kier alpha value is -11.2. The number of H-pyrrole nitrogens is 3. The van der Waals surface area contributed by atoms with E-state index in [0.717, 1.165) is 53.8 Å². The van der Waals surface area contributed by atoms with Gasteiger partial charge in [0, 0.05) is 68.0 Å². The summed E-state index contributed by atoms with van der Waals surface area (Å²) in [6.45, 7) is 10.4. The highest BCUT2D eigenvalue weighted by molar-refractivity contribution is 6.06. The largest absolute Gasteiger partial charge is 0.451 e. The molecule has 3 amide bonds. The SMILES string of the molecule is CCOC1CC(n2cc(NC(=O)c3ccc(-c4cn[nH]c4)o3)c(-c3ccccn3)n2)C1.CCOC1CC(n2cc(NC(=O)c3ccc(-c4cn[nH]c4C)o3)c(-c3ccccn3)n2)C1.Cc1[nH]ncc1-c1ccc(C(=O)Nc2cn(C3COC3)nc2-c2ccccn2)o1. The van der Waals surface area contributed by atoms with E-state index in [4.69, 9.17) is 37.7 Å². The summed E-state index contributed by atoms with van der Waals surface area (Å²) in [5.41, 5.74) is 9.79. The predicted molar refractivity (Wildman–Crippen MR) is 336 cm³/mol. The van der Waals surface area contributed by atoms with Crippen LogP contribution in [-0.2, 0) is 14.2 Å². The van der Waals surface area contributed by atoms with Crippen LogP contribution in [0.4, 0.5) is 17.1 Å². The zero-order valence-electron chi connectivity index (χ0n) is 50.5. The fourth-order valence-corrected chi connectivity index (χ4v) is 10.7. The van der Waals surface area contributed by atoms with Crippen molar-refractivity contribution < 1.29 is 41.8 Å². The number of aromatic nitrogens is 15. The van der Waals surface area contributed by atoms with Crippen molar-refractivity contribution in [2.75, 3.05) is 42.4 Å². The first-order valence-electron chi connectivity index (χ1n) is 30.1. The molecule has 13 heterocycles. The number of aryl methyl sites for hydroxylation is 2. The van der Waals surface area contributed by atoms with Gasteiger partial charge < -0.3 is 43.4 Å². The van der Waals surface area contributed by atoms with E-state index in [0.29, 0.717) is 94.9 Å². The molecular formula is C65H64N18O9. The van der Waals surface area contributed by atoms with E-state index in [1.165, 1.54) is 0 Å². The van der Waals surface area contributed by atoms with Crippen LogP contribution in [0.1, 0.15) is 101 Å². The molecule has 12 aromatic heterocycles. The number of anilines is 3. The fraction of sp³-hybridized carbons (Fsp3) is 0.262. The van der Waals surface area contributed by atoms with Gasteiger partial charge in [0.1, 0.15) is 34.4 Å². The molecule has 0 aromatic carbocycles. The Morgan fingerprint density at radius 2 is 0.913 bits per heavy atom. The van der Waals surface area contributed by atoms with Crippen molar-refractivity contribution in [2.45, 2.75) is 83.7 Å². The Morgan fingerprint density at radius 3 is 1.25 bits per heavy atom. The Bertz CT molecular complexity index is 4430. The first kappa shape index (κ1) is 59.8. The molecule has 0 unspecified atom stereocenters. The Balaban J connectivity index is 0.000000126. The third-order valence-corrected chi connectivity index (χ3v) is 15.8. The number of carbonyl (C=O) groups excluding carboxylic acids is 3. The third kappa shape index (κ3) is 13.1. The summed E-state index contributed by atoms with van der Waals surface area (Å²) in [4.78, 5) is 51.8. The van der Waals surface area contributed by atoms with Crippen LogP contribution in [0.15, 0.2) is 166 Å². The van der Waals surface area contributed by atoms with Crippen LogP contribution in [0.2, 0.25) is 0 Å². The number of carbonyl (C=O) groups is 3. The number of rotatable bonds is 19. The van der Waals surface area contributed by atoms with Crippen LogP contribution in [0.25, 0.3) is 68.1 Å². The molecule has 27 nitrogen and oxygen atoms in total. The van der Waals surface area contributed by atoms with Crippen LogP contribution in [-0.4, -0.2) is 131 Å². The summed E-state index contributed by atoms with van der Waals surface area (Å²) in [6.07, 6.45) is 21.4. The van der Waals surface area contributed by atoms with Gasteiger partial charge in [0.05, 0.1) is 113 Å². The molecule has 0 atom stereocenters. The minimum Gasteiger partial charge on any atom is -0.451 e. The second-order valence-corrected chi connectivity index (χ2v) is 22.0. The number of nitrogens with one attached hydrogen (secondary N) is 6. The minimum atomic E-state index is -0.362. The molecule has 3 fully saturated rings. The normalized spacial score (nSPS) is 16.7. The first-order chi connectivity index (χ1) is 45.0. The number of aromatic amines is 3. The van der Waals surface area contributed by atoms with E-state index in [1.807, 2.05) is 109 Å². The lowest BCUT2D eigenvalue weighted by Crippen LogP contribution is -2.33. The number of furan rings is 3. The van der Waals surface area contributed by atoms with Gasteiger partial charge in [0.2, 0.25) is 0 Å². The highest BCUT2D eigenvalue weighted by Crippen LogP contribution is 2.39. The van der Waals surface area contributed by atoms with Gasteiger partial charge in [-0.1, -0.05) is 18.2 Å². The first-order valence-corrected chi connectivity index (χ1v) is 30.1. The number of nitrogens with zero attached hydrogens (tertiary/aromatic N) is 12. The molecule has 12 aromatic rings. The summed E-state index contributed by atoms with van der Waals surface area (Å²) in [6, 6.07) is 27.6. The van der Waals surface area contributed by atoms with Crippen molar-refractivity contribution in [1.82, 2.24) is 74.9 Å². The van der Waals surface area contributed by atoms with Gasteiger partial charge in [-0.3, -0.25) is 58.7 Å². The number of pyridine rings is 3. The monoisotopic (exact) mass is 1240 g/mol. The smallest absolute Gasteiger partial charge is 0.291 e. The van der Waals surface area contributed by atoms with Crippen LogP contribution in [0.5, 0.6) is 0 Å². The van der Waals surface area contributed by atoms with Crippen molar-refractivity contribution in [3.8, 4) is 68.1 Å². The average Bonchev–Trinajstić information content (AvgIpc) is 2.93. The van der Waals surface area contributed by atoms with Crippen LogP contribution >= 0.6 is 0 Å². The fourth-order valence-electron chi connectivity index (χ4n) is 10.7. The van der Waals surface area contributed by atoms with E-state index in [2.05, 4.69) is 66.6 Å². The summed E-state index contributed by atoms with van der Waals surface area (Å²) < 4.78 is 39.4. The number of hydrogen-bond donors (Lipinski definition) is 6. The number of ether oxygens (including phenoxy) is 3. The highest BCUT2D eigenvalue weighted by Gasteiger charge is 2.35. The maximum atomic E-state index is 13.0. The van der Waals surface area contributed by atoms with Crippen molar-refractivity contribution >= 4 is 34.8 Å². The molecular weight excluding hydrogens is 1180 g/mol. The molecule has 92 heavy (non-hydrogen) atoms. The summed E-state index contributed by atoms with van der Waals surface area (Å²) in [5.74, 6) is 1.27. The van der Waals surface area contributed by atoms with Crippen LogP contribution in [0, 0.1) is 13.8 Å². The Labute approximate surface area is 525 Å². The van der Waals surface area contributed by atoms with Gasteiger partial charge in [-0.15, -0.1) is 0 Å². The molecule has 15 rings (SSSR count). The minimum absolute atomic E-state index is 0.155. The van der Waals surface area contributed by atoms with Crippen molar-refractivity contribution in [2.24, 2.45) is 0 Å². The topological polar surface area (TPSA) is 333 Å². The molecule has 27 heteroatoms. The van der Waals surface area contributed by atoms with E-state index in [9.17, 15) is 14.4 Å². The average molecular weight is 1240 g/mol. The second-order valence-electron chi connectivity index (χ2n) is 22.0. The molecule has 2 saturated carbocycles.